The fourth-order valence-corrected chi connectivity index (χ4v) is 3.05. The van der Waals surface area contributed by atoms with E-state index in [-0.39, 0.29) is 11.3 Å². The van der Waals surface area contributed by atoms with Gasteiger partial charge in [-0.25, -0.2) is 0 Å². The van der Waals surface area contributed by atoms with Crippen LogP contribution in [0, 0.1) is 5.41 Å². The van der Waals surface area contributed by atoms with Gasteiger partial charge < -0.3 is 15.8 Å². The Balaban J connectivity index is 1.82. The van der Waals surface area contributed by atoms with Crippen LogP contribution in [0.4, 0.5) is 0 Å². The lowest BCUT2D eigenvalue weighted by molar-refractivity contribution is -0.132. The fourth-order valence-electron chi connectivity index (χ4n) is 3.05. The maximum Gasteiger partial charge on any atom is 0.227 e. The van der Waals surface area contributed by atoms with Crippen molar-refractivity contribution in [3.05, 3.63) is 29.8 Å². The lowest BCUT2D eigenvalue weighted by Crippen LogP contribution is -2.47. The second kappa shape index (κ2) is 7.46. The molecule has 3 N–H and O–H groups in total. The van der Waals surface area contributed by atoms with Gasteiger partial charge in [-0.2, -0.15) is 0 Å². The fraction of sp³-hybridized carbons (Fsp3) is 0.588. The second-order valence-corrected chi connectivity index (χ2v) is 5.90. The number of ether oxygens (including phenoxy) is 1. The van der Waals surface area contributed by atoms with E-state index in [0.717, 1.165) is 37.9 Å². The summed E-state index contributed by atoms with van der Waals surface area (Å²) in [4.78, 5) is 12.4. The second-order valence-electron chi connectivity index (χ2n) is 5.90. The minimum atomic E-state index is -0.321. The zero-order valence-corrected chi connectivity index (χ0v) is 12.9. The van der Waals surface area contributed by atoms with E-state index in [1.165, 1.54) is 12.0 Å². The SMILES string of the molecule is COc1ccc(CCNC(=O)C2(CN)CCCCC2)cc1. The van der Waals surface area contributed by atoms with E-state index in [9.17, 15) is 4.79 Å². The highest BCUT2D eigenvalue weighted by Crippen LogP contribution is 2.35. The van der Waals surface area contributed by atoms with Crippen LogP contribution in [0.1, 0.15) is 37.7 Å². The van der Waals surface area contributed by atoms with Gasteiger partial charge in [-0.3, -0.25) is 4.79 Å². The molecule has 0 radical (unpaired) electrons. The molecule has 1 amide bonds. The average molecular weight is 290 g/mol. The smallest absolute Gasteiger partial charge is 0.227 e. The van der Waals surface area contributed by atoms with Gasteiger partial charge >= 0.3 is 0 Å². The number of methoxy groups -OCH3 is 1. The van der Waals surface area contributed by atoms with E-state index in [1.54, 1.807) is 7.11 Å². The quantitative estimate of drug-likeness (QED) is 0.844. The highest BCUT2D eigenvalue weighted by molar-refractivity contribution is 5.83. The van der Waals surface area contributed by atoms with Crippen LogP contribution in [0.3, 0.4) is 0 Å². The molecular formula is C17H26N2O2. The van der Waals surface area contributed by atoms with Crippen LogP contribution in [0.15, 0.2) is 24.3 Å². The number of nitrogens with two attached hydrogens (primary N) is 1. The van der Waals surface area contributed by atoms with Crippen LogP contribution in [0.2, 0.25) is 0 Å². The molecule has 2 rings (SSSR count). The Morgan fingerprint density at radius 3 is 2.48 bits per heavy atom. The van der Waals surface area contributed by atoms with Crippen molar-refractivity contribution in [3.63, 3.8) is 0 Å². The Morgan fingerprint density at radius 2 is 1.90 bits per heavy atom. The van der Waals surface area contributed by atoms with Gasteiger partial charge in [0.2, 0.25) is 5.91 Å². The third kappa shape index (κ3) is 3.97. The lowest BCUT2D eigenvalue weighted by Gasteiger charge is -2.34. The predicted octanol–water partition coefficient (Wildman–Crippen LogP) is 2.26. The largest absolute Gasteiger partial charge is 0.497 e. The molecule has 1 aliphatic rings. The number of rotatable bonds is 6. The highest BCUT2D eigenvalue weighted by atomic mass is 16.5. The summed E-state index contributed by atoms with van der Waals surface area (Å²) < 4.78 is 5.14. The molecule has 1 fully saturated rings. The zero-order chi connectivity index (χ0) is 15.1. The molecule has 0 aromatic heterocycles. The van der Waals surface area contributed by atoms with Crippen molar-refractivity contribution in [2.45, 2.75) is 38.5 Å². The topological polar surface area (TPSA) is 64.3 Å². The van der Waals surface area contributed by atoms with Gasteiger partial charge in [-0.1, -0.05) is 31.4 Å². The number of carbonyl (C=O) groups is 1. The summed E-state index contributed by atoms with van der Waals surface area (Å²) in [6.07, 6.45) is 6.14. The first-order valence-corrected chi connectivity index (χ1v) is 7.81. The van der Waals surface area contributed by atoms with Gasteiger partial charge in [0.05, 0.1) is 12.5 Å². The van der Waals surface area contributed by atoms with E-state index >= 15 is 0 Å². The van der Waals surface area contributed by atoms with Crippen molar-refractivity contribution in [1.82, 2.24) is 5.32 Å². The first-order valence-electron chi connectivity index (χ1n) is 7.81. The van der Waals surface area contributed by atoms with Crippen LogP contribution in [-0.2, 0) is 11.2 Å². The van der Waals surface area contributed by atoms with Crippen molar-refractivity contribution in [2.75, 3.05) is 20.2 Å². The molecule has 21 heavy (non-hydrogen) atoms. The molecule has 4 nitrogen and oxygen atoms in total. The van der Waals surface area contributed by atoms with Crippen LogP contribution in [-0.4, -0.2) is 26.1 Å². The van der Waals surface area contributed by atoms with Gasteiger partial charge in [0.1, 0.15) is 5.75 Å². The third-order valence-electron chi connectivity index (χ3n) is 4.54. The molecule has 0 aliphatic heterocycles. The Morgan fingerprint density at radius 1 is 1.24 bits per heavy atom. The summed E-state index contributed by atoms with van der Waals surface area (Å²) in [5.41, 5.74) is 6.75. The molecule has 0 heterocycles. The van der Waals surface area contributed by atoms with Gasteiger partial charge in [0, 0.05) is 13.1 Å². The Labute approximate surface area is 127 Å². The minimum absolute atomic E-state index is 0.137. The molecule has 116 valence electrons. The summed E-state index contributed by atoms with van der Waals surface area (Å²) in [6, 6.07) is 7.95. The van der Waals surface area contributed by atoms with Crippen molar-refractivity contribution in [1.29, 1.82) is 0 Å². The van der Waals surface area contributed by atoms with Gasteiger partial charge in [-0.05, 0) is 37.0 Å². The van der Waals surface area contributed by atoms with Crippen LogP contribution in [0.5, 0.6) is 5.75 Å². The molecule has 0 unspecified atom stereocenters. The molecular weight excluding hydrogens is 264 g/mol. The molecule has 4 heteroatoms. The van der Waals surface area contributed by atoms with E-state index in [0.29, 0.717) is 13.1 Å². The summed E-state index contributed by atoms with van der Waals surface area (Å²) in [5.74, 6) is 0.991. The summed E-state index contributed by atoms with van der Waals surface area (Å²) in [7, 11) is 1.66. The summed E-state index contributed by atoms with van der Waals surface area (Å²) in [6.45, 7) is 1.12. The maximum atomic E-state index is 12.4. The highest BCUT2D eigenvalue weighted by Gasteiger charge is 2.37. The van der Waals surface area contributed by atoms with Gasteiger partial charge in [0.25, 0.3) is 0 Å². The van der Waals surface area contributed by atoms with Gasteiger partial charge in [-0.15, -0.1) is 0 Å². The van der Waals surface area contributed by atoms with Crippen molar-refractivity contribution in [2.24, 2.45) is 11.1 Å². The molecule has 1 aromatic rings. The Hall–Kier alpha value is -1.55. The van der Waals surface area contributed by atoms with Crippen molar-refractivity contribution >= 4 is 5.91 Å². The first-order chi connectivity index (χ1) is 10.2. The summed E-state index contributed by atoms with van der Waals surface area (Å²) in [5, 5.41) is 3.07. The monoisotopic (exact) mass is 290 g/mol. The number of benzene rings is 1. The van der Waals surface area contributed by atoms with Gasteiger partial charge in [0.15, 0.2) is 0 Å². The lowest BCUT2D eigenvalue weighted by atomic mass is 9.73. The number of nitrogens with one attached hydrogen (secondary N) is 1. The normalized spacial score (nSPS) is 17.2. The standard InChI is InChI=1S/C17H26N2O2/c1-21-15-7-5-14(6-8-15)9-12-19-16(20)17(13-18)10-3-2-4-11-17/h5-8H,2-4,9-13,18H2,1H3,(H,19,20). The third-order valence-corrected chi connectivity index (χ3v) is 4.54. The van der Waals surface area contributed by atoms with Crippen LogP contribution in [0.25, 0.3) is 0 Å². The molecule has 1 saturated carbocycles. The molecule has 0 saturated heterocycles. The van der Waals surface area contributed by atoms with Crippen molar-refractivity contribution in [3.8, 4) is 5.75 Å². The Bertz CT molecular complexity index is 450. The number of carbonyl (C=O) groups excluding carboxylic acids is 1. The minimum Gasteiger partial charge on any atom is -0.497 e. The van der Waals surface area contributed by atoms with Crippen LogP contribution >= 0.6 is 0 Å². The molecule has 1 aromatic carbocycles. The van der Waals surface area contributed by atoms with Crippen molar-refractivity contribution < 1.29 is 9.53 Å². The van der Waals surface area contributed by atoms with E-state index < -0.39 is 0 Å². The molecule has 0 atom stereocenters. The van der Waals surface area contributed by atoms with E-state index in [2.05, 4.69) is 5.32 Å². The number of hydrogen-bond acceptors (Lipinski definition) is 3. The van der Waals surface area contributed by atoms with Crippen LogP contribution < -0.4 is 15.8 Å². The number of hydrogen-bond donors (Lipinski definition) is 2. The Kier molecular flexibility index (Phi) is 5.62. The van der Waals surface area contributed by atoms with E-state index in [4.69, 9.17) is 10.5 Å². The first kappa shape index (κ1) is 15.8. The zero-order valence-electron chi connectivity index (χ0n) is 12.9. The molecule has 0 spiro atoms. The predicted molar refractivity (Wildman–Crippen MR) is 84.3 cm³/mol. The number of amides is 1. The summed E-state index contributed by atoms with van der Waals surface area (Å²) >= 11 is 0. The van der Waals surface area contributed by atoms with E-state index in [1.807, 2.05) is 24.3 Å². The average Bonchev–Trinajstić information content (AvgIpc) is 2.56. The molecule has 0 bridgehead atoms. The molecule has 1 aliphatic carbocycles. The maximum absolute atomic E-state index is 12.4.